The number of hydrogen-bond donors (Lipinski definition) is 3. The highest BCUT2D eigenvalue weighted by Crippen LogP contribution is 2.14. The van der Waals surface area contributed by atoms with Crippen LogP contribution in [-0.2, 0) is 30.5 Å². The van der Waals surface area contributed by atoms with E-state index in [0.29, 0.717) is 6.42 Å². The Morgan fingerprint density at radius 1 is 0.800 bits per heavy atom. The summed E-state index contributed by atoms with van der Waals surface area (Å²) >= 11 is 0. The zero-order valence-corrected chi connectivity index (χ0v) is 24.6. The number of aliphatic carboxylic acids is 1. The molecule has 1 aromatic rings. The van der Waals surface area contributed by atoms with Crippen molar-refractivity contribution in [1.29, 1.82) is 0 Å². The number of carbonyl (C=O) groups excluding carboxylic acids is 3. The number of carboxylic acids is 1. The van der Waals surface area contributed by atoms with Crippen LogP contribution in [0.15, 0.2) is 30.3 Å². The van der Waals surface area contributed by atoms with Crippen molar-refractivity contribution in [2.75, 3.05) is 26.7 Å². The fourth-order valence-electron chi connectivity index (χ4n) is 4.39. The zero-order valence-electron chi connectivity index (χ0n) is 24.6. The van der Waals surface area contributed by atoms with Gasteiger partial charge in [0.05, 0.1) is 19.8 Å². The number of carbonyl (C=O) groups is 4. The van der Waals surface area contributed by atoms with Crippen molar-refractivity contribution in [3.8, 4) is 0 Å². The maximum Gasteiger partial charge on any atom is 0.322 e. The van der Waals surface area contributed by atoms with Crippen LogP contribution in [0.3, 0.4) is 0 Å². The summed E-state index contributed by atoms with van der Waals surface area (Å²) in [6.07, 6.45) is 16.2. The number of ether oxygens (including phenoxy) is 1. The molecule has 0 radical (unpaired) electrons. The van der Waals surface area contributed by atoms with E-state index in [0.717, 1.165) is 24.8 Å². The summed E-state index contributed by atoms with van der Waals surface area (Å²) in [5.74, 6) is -2.48. The fourth-order valence-corrected chi connectivity index (χ4v) is 4.39. The molecule has 0 aromatic heterocycles. The van der Waals surface area contributed by atoms with Gasteiger partial charge in [0.1, 0.15) is 12.6 Å². The summed E-state index contributed by atoms with van der Waals surface area (Å²) in [5, 5.41) is 13.4. The number of rotatable bonds is 24. The van der Waals surface area contributed by atoms with Crippen molar-refractivity contribution >= 4 is 23.7 Å². The molecule has 226 valence electrons. The Hall–Kier alpha value is -2.94. The summed E-state index contributed by atoms with van der Waals surface area (Å²) < 4.78 is 5.75. The van der Waals surface area contributed by atoms with E-state index in [1.165, 1.54) is 69.1 Å². The molecule has 0 aliphatic heterocycles. The first-order valence-corrected chi connectivity index (χ1v) is 15.0. The second-order valence-electron chi connectivity index (χ2n) is 10.4. The number of hydrogen-bond acceptors (Lipinski definition) is 5. The molecule has 9 heteroatoms. The van der Waals surface area contributed by atoms with E-state index in [1.807, 2.05) is 30.3 Å². The van der Waals surface area contributed by atoms with Gasteiger partial charge in [-0.1, -0.05) is 114 Å². The molecule has 0 spiro atoms. The fraction of sp³-hybridized carbons (Fsp3) is 0.677. The molecule has 1 aromatic carbocycles. The number of nitrogens with zero attached hydrogens (tertiary/aromatic N) is 1. The van der Waals surface area contributed by atoms with Crippen molar-refractivity contribution in [3.05, 3.63) is 35.9 Å². The molecule has 1 rings (SSSR count). The second-order valence-corrected chi connectivity index (χ2v) is 10.4. The summed E-state index contributed by atoms with van der Waals surface area (Å²) in [4.78, 5) is 49.6. The van der Waals surface area contributed by atoms with Crippen LogP contribution in [0.25, 0.3) is 0 Å². The summed E-state index contributed by atoms with van der Waals surface area (Å²) in [6, 6.07) is 8.59. The SMILES string of the molecule is CCCCCCCCCCCCCCCC(=O)N(C)C(COCc1ccccc1)C(=O)NCC(=O)NCC(=O)O. The Labute approximate surface area is 240 Å². The smallest absolute Gasteiger partial charge is 0.322 e. The van der Waals surface area contributed by atoms with Gasteiger partial charge in [0.15, 0.2) is 0 Å². The lowest BCUT2D eigenvalue weighted by Crippen LogP contribution is -2.52. The van der Waals surface area contributed by atoms with Gasteiger partial charge in [0.25, 0.3) is 0 Å². The highest BCUT2D eigenvalue weighted by Gasteiger charge is 2.27. The molecule has 0 saturated carbocycles. The van der Waals surface area contributed by atoms with Gasteiger partial charge in [0.2, 0.25) is 17.7 Å². The zero-order chi connectivity index (χ0) is 29.4. The molecular formula is C31H51N3O6. The standard InChI is InChI=1S/C31H51N3O6/c1-3-4-5-6-7-8-9-10-11-12-13-14-18-21-29(36)34(2)27(25-40-24-26-19-16-15-17-20-26)31(39)33-22-28(35)32-23-30(37)38/h15-17,19-20,27H,3-14,18,21-25H2,1-2H3,(H,32,35)(H,33,39)(H,37,38). The molecule has 3 amide bonds. The molecule has 3 N–H and O–H groups in total. The molecule has 0 fully saturated rings. The van der Waals surface area contributed by atoms with Gasteiger partial charge in [-0.05, 0) is 12.0 Å². The van der Waals surface area contributed by atoms with Gasteiger partial charge < -0.3 is 25.4 Å². The quantitative estimate of drug-likeness (QED) is 0.155. The molecular weight excluding hydrogens is 510 g/mol. The Bertz CT molecular complexity index is 849. The second kappa shape index (κ2) is 22.8. The van der Waals surface area contributed by atoms with Gasteiger partial charge in [0, 0.05) is 13.5 Å². The Morgan fingerprint density at radius 2 is 1.35 bits per heavy atom. The highest BCUT2D eigenvalue weighted by molar-refractivity contribution is 5.91. The minimum Gasteiger partial charge on any atom is -0.480 e. The van der Waals surface area contributed by atoms with Crippen molar-refractivity contribution in [1.82, 2.24) is 15.5 Å². The molecule has 1 unspecified atom stereocenters. The van der Waals surface area contributed by atoms with Crippen molar-refractivity contribution < 1.29 is 29.0 Å². The first-order chi connectivity index (χ1) is 19.3. The lowest BCUT2D eigenvalue weighted by atomic mass is 10.0. The minimum absolute atomic E-state index is 0.0294. The van der Waals surface area contributed by atoms with E-state index in [9.17, 15) is 19.2 Å². The normalized spacial score (nSPS) is 11.6. The monoisotopic (exact) mass is 561 g/mol. The van der Waals surface area contributed by atoms with Crippen LogP contribution in [0.1, 0.15) is 102 Å². The Balaban J connectivity index is 2.40. The molecule has 40 heavy (non-hydrogen) atoms. The molecule has 0 saturated heterocycles. The lowest BCUT2D eigenvalue weighted by molar-refractivity contribution is -0.142. The van der Waals surface area contributed by atoms with E-state index in [2.05, 4.69) is 17.6 Å². The van der Waals surface area contributed by atoms with Gasteiger partial charge in [-0.2, -0.15) is 0 Å². The maximum absolute atomic E-state index is 12.9. The van der Waals surface area contributed by atoms with Crippen molar-refractivity contribution in [2.24, 2.45) is 0 Å². The van der Waals surface area contributed by atoms with E-state index in [-0.39, 0.29) is 25.7 Å². The first kappa shape index (κ1) is 35.1. The number of carboxylic acid groups (broad SMARTS) is 1. The summed E-state index contributed by atoms with van der Waals surface area (Å²) in [6.45, 7) is 1.58. The third kappa shape index (κ3) is 17.6. The van der Waals surface area contributed by atoms with E-state index >= 15 is 0 Å². The Kier molecular flexibility index (Phi) is 20.0. The maximum atomic E-state index is 12.9. The lowest BCUT2D eigenvalue weighted by Gasteiger charge is -2.27. The molecule has 0 aliphatic carbocycles. The largest absolute Gasteiger partial charge is 0.480 e. The summed E-state index contributed by atoms with van der Waals surface area (Å²) in [5.41, 5.74) is 0.940. The number of benzene rings is 1. The number of unbranched alkanes of at least 4 members (excludes halogenated alkanes) is 12. The van der Waals surface area contributed by atoms with Crippen LogP contribution >= 0.6 is 0 Å². The number of nitrogens with one attached hydrogen (secondary N) is 2. The van der Waals surface area contributed by atoms with Crippen LogP contribution in [-0.4, -0.2) is 66.5 Å². The average Bonchev–Trinajstić information content (AvgIpc) is 2.95. The topological polar surface area (TPSA) is 125 Å². The van der Waals surface area contributed by atoms with Gasteiger partial charge in [-0.25, -0.2) is 0 Å². The summed E-state index contributed by atoms with van der Waals surface area (Å²) in [7, 11) is 1.57. The molecule has 0 aliphatic rings. The first-order valence-electron chi connectivity index (χ1n) is 15.0. The minimum atomic E-state index is -1.18. The van der Waals surface area contributed by atoms with Crippen LogP contribution in [0.4, 0.5) is 0 Å². The predicted molar refractivity (Wildman–Crippen MR) is 157 cm³/mol. The Morgan fingerprint density at radius 3 is 1.90 bits per heavy atom. The van der Waals surface area contributed by atoms with Gasteiger partial charge >= 0.3 is 5.97 Å². The number of amides is 3. The van der Waals surface area contributed by atoms with Crippen LogP contribution in [0.5, 0.6) is 0 Å². The molecule has 0 heterocycles. The highest BCUT2D eigenvalue weighted by atomic mass is 16.5. The van der Waals surface area contributed by atoms with Crippen molar-refractivity contribution in [2.45, 2.75) is 109 Å². The van der Waals surface area contributed by atoms with Crippen LogP contribution < -0.4 is 10.6 Å². The van der Waals surface area contributed by atoms with E-state index in [1.54, 1.807) is 7.05 Å². The number of likely N-dealkylation sites (N-methyl/N-ethyl adjacent to an activating group) is 1. The molecule has 9 nitrogen and oxygen atoms in total. The molecule has 1 atom stereocenters. The van der Waals surface area contributed by atoms with Crippen LogP contribution in [0.2, 0.25) is 0 Å². The third-order valence-corrected chi connectivity index (χ3v) is 6.90. The molecule has 0 bridgehead atoms. The van der Waals surface area contributed by atoms with Crippen LogP contribution in [0, 0.1) is 0 Å². The predicted octanol–water partition coefficient (Wildman–Crippen LogP) is 4.83. The van der Waals surface area contributed by atoms with Crippen molar-refractivity contribution in [3.63, 3.8) is 0 Å². The average molecular weight is 562 g/mol. The van der Waals surface area contributed by atoms with Gasteiger partial charge in [-0.3, -0.25) is 19.2 Å². The third-order valence-electron chi connectivity index (χ3n) is 6.90. The van der Waals surface area contributed by atoms with E-state index < -0.39 is 30.4 Å². The van der Waals surface area contributed by atoms with E-state index in [4.69, 9.17) is 9.84 Å². The van der Waals surface area contributed by atoms with Gasteiger partial charge in [-0.15, -0.1) is 0 Å².